The van der Waals surface area contributed by atoms with E-state index in [9.17, 15) is 9.59 Å². The Kier molecular flexibility index (Phi) is 6.19. The zero-order valence-corrected chi connectivity index (χ0v) is 14.6. The van der Waals surface area contributed by atoms with Crippen molar-refractivity contribution in [2.24, 2.45) is 0 Å². The second-order valence-corrected chi connectivity index (χ2v) is 6.67. The second kappa shape index (κ2) is 8.13. The first-order chi connectivity index (χ1) is 11.0. The van der Waals surface area contributed by atoms with Gasteiger partial charge < -0.3 is 10.6 Å². The molecular formula is C17H19ClN2O2S. The van der Waals surface area contributed by atoms with Crippen LogP contribution in [0.5, 0.6) is 0 Å². The number of benzene rings is 1. The van der Waals surface area contributed by atoms with Crippen LogP contribution in [0.4, 0.5) is 0 Å². The molecule has 2 aromatic rings. The summed E-state index contributed by atoms with van der Waals surface area (Å²) in [7, 11) is 0. The van der Waals surface area contributed by atoms with Crippen LogP contribution in [-0.2, 0) is 9.59 Å². The molecule has 1 heterocycles. The quantitative estimate of drug-likeness (QED) is 0.831. The molecule has 1 aromatic carbocycles. The van der Waals surface area contributed by atoms with Gasteiger partial charge in [0.2, 0.25) is 11.8 Å². The van der Waals surface area contributed by atoms with Crippen molar-refractivity contribution in [3.05, 3.63) is 57.2 Å². The van der Waals surface area contributed by atoms with Gasteiger partial charge in [-0.1, -0.05) is 35.9 Å². The predicted octanol–water partition coefficient (Wildman–Crippen LogP) is 3.85. The van der Waals surface area contributed by atoms with Crippen LogP contribution in [0.3, 0.4) is 0 Å². The number of thiophene rings is 1. The Morgan fingerprint density at radius 1 is 1.17 bits per heavy atom. The van der Waals surface area contributed by atoms with Crippen molar-refractivity contribution in [1.82, 2.24) is 10.6 Å². The van der Waals surface area contributed by atoms with E-state index in [4.69, 9.17) is 11.6 Å². The summed E-state index contributed by atoms with van der Waals surface area (Å²) in [6.45, 7) is 3.34. The van der Waals surface area contributed by atoms with Crippen molar-refractivity contribution in [2.45, 2.75) is 32.4 Å². The summed E-state index contributed by atoms with van der Waals surface area (Å²) in [5, 5.41) is 8.30. The van der Waals surface area contributed by atoms with Gasteiger partial charge in [0, 0.05) is 16.8 Å². The molecule has 0 aliphatic rings. The zero-order chi connectivity index (χ0) is 16.8. The molecule has 0 spiro atoms. The van der Waals surface area contributed by atoms with Gasteiger partial charge >= 0.3 is 0 Å². The molecule has 4 nitrogen and oxygen atoms in total. The van der Waals surface area contributed by atoms with Gasteiger partial charge in [-0.25, -0.2) is 0 Å². The number of halogens is 1. The molecule has 0 aliphatic heterocycles. The zero-order valence-electron chi connectivity index (χ0n) is 13.0. The number of amides is 2. The van der Waals surface area contributed by atoms with E-state index in [2.05, 4.69) is 10.6 Å². The minimum Gasteiger partial charge on any atom is -0.349 e. The molecule has 23 heavy (non-hydrogen) atoms. The first-order valence-corrected chi connectivity index (χ1v) is 8.57. The van der Waals surface area contributed by atoms with Gasteiger partial charge in [-0.15, -0.1) is 11.3 Å². The van der Waals surface area contributed by atoms with Crippen molar-refractivity contribution >= 4 is 34.8 Å². The fourth-order valence-corrected chi connectivity index (χ4v) is 3.42. The van der Waals surface area contributed by atoms with Crippen molar-refractivity contribution < 1.29 is 9.59 Å². The average molecular weight is 351 g/mol. The number of rotatable bonds is 6. The molecule has 6 heteroatoms. The van der Waals surface area contributed by atoms with E-state index in [0.29, 0.717) is 5.02 Å². The van der Waals surface area contributed by atoms with Crippen LogP contribution in [0.1, 0.15) is 42.8 Å². The molecule has 1 aromatic heterocycles. The molecule has 2 amide bonds. The molecule has 2 rings (SSSR count). The molecule has 2 N–H and O–H groups in total. The van der Waals surface area contributed by atoms with Crippen LogP contribution in [0.25, 0.3) is 0 Å². The van der Waals surface area contributed by atoms with Gasteiger partial charge in [0.05, 0.1) is 18.5 Å². The van der Waals surface area contributed by atoms with Crippen molar-refractivity contribution in [1.29, 1.82) is 0 Å². The molecule has 2 atom stereocenters. The van der Waals surface area contributed by atoms with Crippen molar-refractivity contribution in [2.75, 3.05) is 0 Å². The summed E-state index contributed by atoms with van der Waals surface area (Å²) in [4.78, 5) is 24.6. The minimum atomic E-state index is -0.314. The maximum Gasteiger partial charge on any atom is 0.222 e. The van der Waals surface area contributed by atoms with Crippen LogP contribution < -0.4 is 10.6 Å². The Bertz CT molecular complexity index is 673. The van der Waals surface area contributed by atoms with Gasteiger partial charge in [0.25, 0.3) is 0 Å². The van der Waals surface area contributed by atoms with Gasteiger partial charge in [0.1, 0.15) is 0 Å². The third-order valence-electron chi connectivity index (χ3n) is 3.40. The standard InChI is InChI=1S/C17H19ClN2O2S/c1-11(13-6-3-4-7-14(13)18)19-17(22)10-15(20-12(2)21)16-8-5-9-23-16/h3-9,11,15H,10H2,1-2H3,(H,19,22)(H,20,21). The average Bonchev–Trinajstić information content (AvgIpc) is 3.00. The highest BCUT2D eigenvalue weighted by Crippen LogP contribution is 2.24. The molecule has 0 saturated heterocycles. The molecule has 0 bridgehead atoms. The van der Waals surface area contributed by atoms with E-state index in [1.54, 1.807) is 6.07 Å². The van der Waals surface area contributed by atoms with E-state index >= 15 is 0 Å². The Hall–Kier alpha value is -1.85. The minimum absolute atomic E-state index is 0.135. The lowest BCUT2D eigenvalue weighted by Gasteiger charge is -2.19. The highest BCUT2D eigenvalue weighted by molar-refractivity contribution is 7.10. The summed E-state index contributed by atoms with van der Waals surface area (Å²) in [6.07, 6.45) is 0.189. The summed E-state index contributed by atoms with van der Waals surface area (Å²) in [5.41, 5.74) is 0.870. The summed E-state index contributed by atoms with van der Waals surface area (Å²) >= 11 is 7.67. The molecular weight excluding hydrogens is 332 g/mol. The molecule has 122 valence electrons. The maximum atomic E-state index is 12.3. The fraction of sp³-hybridized carbons (Fsp3) is 0.294. The topological polar surface area (TPSA) is 58.2 Å². The smallest absolute Gasteiger partial charge is 0.222 e. The first-order valence-electron chi connectivity index (χ1n) is 7.31. The lowest BCUT2D eigenvalue weighted by molar-refractivity contribution is -0.123. The molecule has 0 saturated carbocycles. The predicted molar refractivity (Wildman–Crippen MR) is 93.5 cm³/mol. The van der Waals surface area contributed by atoms with Crippen LogP contribution in [0.2, 0.25) is 5.02 Å². The largest absolute Gasteiger partial charge is 0.349 e. The van der Waals surface area contributed by atoms with E-state index in [1.165, 1.54) is 18.3 Å². The van der Waals surface area contributed by atoms with Crippen LogP contribution in [0.15, 0.2) is 41.8 Å². The number of nitrogens with one attached hydrogen (secondary N) is 2. The molecule has 0 radical (unpaired) electrons. The lowest BCUT2D eigenvalue weighted by atomic mass is 10.1. The monoisotopic (exact) mass is 350 g/mol. The number of hydrogen-bond donors (Lipinski definition) is 2. The SMILES string of the molecule is CC(=O)NC(CC(=O)NC(C)c1ccccc1Cl)c1cccs1. The number of carbonyl (C=O) groups excluding carboxylic acids is 2. The summed E-state index contributed by atoms with van der Waals surface area (Å²) in [6, 6.07) is 10.7. The van der Waals surface area contributed by atoms with E-state index in [1.807, 2.05) is 42.6 Å². The van der Waals surface area contributed by atoms with Crippen molar-refractivity contribution in [3.8, 4) is 0 Å². The lowest BCUT2D eigenvalue weighted by Crippen LogP contribution is -2.33. The second-order valence-electron chi connectivity index (χ2n) is 5.28. The Labute approximate surface area is 144 Å². The molecule has 0 aliphatic carbocycles. The van der Waals surface area contributed by atoms with E-state index in [0.717, 1.165) is 10.4 Å². The maximum absolute atomic E-state index is 12.3. The Morgan fingerprint density at radius 2 is 1.91 bits per heavy atom. The molecule has 2 unspecified atom stereocenters. The Balaban J connectivity index is 2.02. The number of hydrogen-bond acceptors (Lipinski definition) is 3. The van der Waals surface area contributed by atoms with Gasteiger partial charge in [-0.2, -0.15) is 0 Å². The van der Waals surface area contributed by atoms with Crippen LogP contribution >= 0.6 is 22.9 Å². The van der Waals surface area contributed by atoms with Crippen LogP contribution in [0, 0.1) is 0 Å². The molecule has 0 fully saturated rings. The van der Waals surface area contributed by atoms with Gasteiger partial charge in [-0.05, 0) is 30.0 Å². The first kappa shape index (κ1) is 17.5. The van der Waals surface area contributed by atoms with Gasteiger partial charge in [0.15, 0.2) is 0 Å². The highest BCUT2D eigenvalue weighted by atomic mass is 35.5. The van der Waals surface area contributed by atoms with E-state index < -0.39 is 0 Å². The summed E-state index contributed by atoms with van der Waals surface area (Å²) in [5.74, 6) is -0.292. The summed E-state index contributed by atoms with van der Waals surface area (Å²) < 4.78 is 0. The van der Waals surface area contributed by atoms with Crippen LogP contribution in [-0.4, -0.2) is 11.8 Å². The van der Waals surface area contributed by atoms with Gasteiger partial charge in [-0.3, -0.25) is 9.59 Å². The third kappa shape index (κ3) is 5.08. The normalized spacial score (nSPS) is 13.2. The highest BCUT2D eigenvalue weighted by Gasteiger charge is 2.20. The third-order valence-corrected chi connectivity index (χ3v) is 4.73. The number of carbonyl (C=O) groups is 2. The fourth-order valence-electron chi connectivity index (χ4n) is 2.35. The van der Waals surface area contributed by atoms with E-state index in [-0.39, 0.29) is 30.3 Å². The van der Waals surface area contributed by atoms with Crippen molar-refractivity contribution in [3.63, 3.8) is 0 Å². The Morgan fingerprint density at radius 3 is 2.52 bits per heavy atom.